The van der Waals surface area contributed by atoms with Gasteiger partial charge in [0, 0.05) is 0 Å². The van der Waals surface area contributed by atoms with E-state index in [9.17, 15) is 0 Å². The normalized spacial score (nSPS) is 0. The second kappa shape index (κ2) is 6260. The van der Waals surface area contributed by atoms with Gasteiger partial charge in [0.15, 0.2) is 0 Å². The summed E-state index contributed by atoms with van der Waals surface area (Å²) in [6.07, 6.45) is 0. The molecule has 0 bridgehead atoms. The molecule has 0 saturated carbocycles. The van der Waals surface area contributed by atoms with Gasteiger partial charge in [-0.25, -0.2) is 0 Å². The van der Waals surface area contributed by atoms with Crippen LogP contribution in [-0.2, 0) is 0 Å². The van der Waals surface area contributed by atoms with Crippen molar-refractivity contribution in [3.05, 3.63) is 0 Å². The minimum Gasteiger partial charge on any atom is -0.412 e. The second-order valence-electron chi connectivity index (χ2n) is 0. The summed E-state index contributed by atoms with van der Waals surface area (Å²) in [5.74, 6) is 0. The molecule has 16 nitrogen and oxygen atoms in total. The van der Waals surface area contributed by atoms with Gasteiger partial charge >= 0.3 is 0 Å². The summed E-state index contributed by atoms with van der Waals surface area (Å²) >= 11 is 0. The molecule has 0 heterocycles. The Morgan fingerprint density at radius 2 is 0.125 bits per heavy atom. The molecule has 0 saturated heterocycles. The second-order valence-corrected chi connectivity index (χ2v) is 0. The fourth-order valence-corrected chi connectivity index (χ4v) is 0. The van der Waals surface area contributed by atoms with Crippen LogP contribution in [0.25, 0.3) is 0 Å². The van der Waals surface area contributed by atoms with E-state index in [2.05, 4.69) is 0 Å². The molecular formula is H44N12O4. The Labute approximate surface area is 96.9 Å². The lowest BCUT2D eigenvalue weighted by molar-refractivity contribution is 0.823. The highest BCUT2D eigenvalue weighted by atomic mass is 16.0. The minimum absolute atomic E-state index is 0. The Kier molecular flexibility index (Phi) is 3020000. The number of hydrogen-bond donors (Lipinski definition) is 12. The van der Waals surface area contributed by atoms with E-state index in [1.54, 1.807) is 0 Å². The fraction of sp³-hybridized carbons (Fsp3) is 0. The zero-order valence-corrected chi connectivity index (χ0v) is 10.5. The smallest absolute Gasteiger partial charge is 0.344 e. The molecule has 44 N–H and O–H groups in total. The molecule has 0 aliphatic carbocycles. The highest BCUT2D eigenvalue weighted by Crippen LogP contribution is -0.286. The lowest BCUT2D eigenvalue weighted by Gasteiger charge is -0.413. The van der Waals surface area contributed by atoms with Crippen LogP contribution >= 0.6 is 0 Å². The summed E-state index contributed by atoms with van der Waals surface area (Å²) in [5, 5.41) is 0. The van der Waals surface area contributed by atoms with E-state index < -0.39 is 0 Å². The van der Waals surface area contributed by atoms with Gasteiger partial charge in [0.2, 0.25) is 0 Å². The Bertz CT molecular complexity index is 13.0. The molecule has 0 rings (SSSR count). The van der Waals surface area contributed by atoms with Gasteiger partial charge in [-0.05, 0) is 0 Å². The predicted molar refractivity (Wildman–Crippen MR) is 74.7 cm³/mol. The molecule has 16 heavy (non-hydrogen) atoms. The summed E-state index contributed by atoms with van der Waals surface area (Å²) in [7, 11) is 0. The molecule has 0 radical (unpaired) electrons. The monoisotopic (exact) mass is 276 g/mol. The van der Waals surface area contributed by atoms with E-state index in [0.717, 1.165) is 0 Å². The van der Waals surface area contributed by atoms with Gasteiger partial charge in [-0.1, -0.05) is 0 Å². The molecule has 0 aromatic heterocycles. The van der Waals surface area contributed by atoms with Gasteiger partial charge in [0.1, 0.15) is 0 Å². The zero-order valence-electron chi connectivity index (χ0n) is 10.5. The lowest BCUT2D eigenvalue weighted by atomic mass is 14.0. The summed E-state index contributed by atoms with van der Waals surface area (Å²) < 4.78 is 0. The van der Waals surface area contributed by atoms with E-state index in [0.29, 0.717) is 0 Å². The minimum atomic E-state index is 0. The molecule has 0 amide bonds. The van der Waals surface area contributed by atoms with E-state index in [1.165, 1.54) is 0 Å². The molecule has 0 aromatic carbocycles. The van der Waals surface area contributed by atoms with Crippen molar-refractivity contribution in [3.8, 4) is 0 Å². The first-order valence-corrected chi connectivity index (χ1v) is 0. The van der Waals surface area contributed by atoms with E-state index in [4.69, 9.17) is 0 Å². The van der Waals surface area contributed by atoms with Crippen LogP contribution < -0.4 is 73.8 Å². The van der Waals surface area contributed by atoms with Crippen LogP contribution in [0.15, 0.2) is 0 Å². The molecule has 0 aromatic rings. The van der Waals surface area contributed by atoms with Crippen LogP contribution in [0.3, 0.4) is 0 Å². The number of hydrogen-bond acceptors (Lipinski definition) is 12. The van der Waals surface area contributed by atoms with E-state index >= 15 is 0 Å². The summed E-state index contributed by atoms with van der Waals surface area (Å²) in [6.45, 7) is 0. The highest BCUT2D eigenvalue weighted by Gasteiger charge is -0.332. The highest BCUT2D eigenvalue weighted by molar-refractivity contribution is 2.15. The molecule has 0 unspecified atom stereocenters. The fourth-order valence-electron chi connectivity index (χ4n) is 0. The lowest BCUT2D eigenvalue weighted by Crippen LogP contribution is -0.482. The third kappa shape index (κ3) is 4980. The Morgan fingerprint density at radius 1 is 0.125 bits per heavy atom. The maximum Gasteiger partial charge on any atom is -0.344 e. The van der Waals surface area contributed by atoms with Crippen molar-refractivity contribution < 1.29 is 21.9 Å². The quantitative estimate of drug-likeness (QED) is 0.244. The van der Waals surface area contributed by atoms with Crippen LogP contribution in [0.4, 0.5) is 0 Å². The molecular weight excluding hydrogens is 232 g/mol. The van der Waals surface area contributed by atoms with Crippen molar-refractivity contribution in [2.45, 2.75) is 0 Å². The molecule has 16 heteroatoms. The standard InChI is InChI=1S/12H3N.4H2O/h12*1H3;4*1H2. The maximum atomic E-state index is 0. The van der Waals surface area contributed by atoms with Crippen LogP contribution in [0.1, 0.15) is 0 Å². The molecule has 0 aliphatic heterocycles. The first kappa shape index (κ1) is 7730. The van der Waals surface area contributed by atoms with Gasteiger partial charge in [0.25, 0.3) is 0 Å². The van der Waals surface area contributed by atoms with Crippen LogP contribution in [0, 0.1) is 0 Å². The summed E-state index contributed by atoms with van der Waals surface area (Å²) in [4.78, 5) is 0. The van der Waals surface area contributed by atoms with Gasteiger partial charge in [-0.15, -0.1) is 0 Å². The topological polar surface area (TPSA) is 546 Å². The Morgan fingerprint density at radius 3 is 0.125 bits per heavy atom. The summed E-state index contributed by atoms with van der Waals surface area (Å²) in [6, 6.07) is 0. The average molecular weight is 276 g/mol. The van der Waals surface area contributed by atoms with Crippen molar-refractivity contribution in [2.75, 3.05) is 0 Å². The van der Waals surface area contributed by atoms with Crippen molar-refractivity contribution in [2.24, 2.45) is 0 Å². The van der Waals surface area contributed by atoms with Crippen molar-refractivity contribution in [3.63, 3.8) is 0 Å². The summed E-state index contributed by atoms with van der Waals surface area (Å²) in [5.41, 5.74) is 0. The van der Waals surface area contributed by atoms with Crippen LogP contribution in [0.5, 0.6) is 0 Å². The first-order chi connectivity index (χ1) is 0. The van der Waals surface area contributed by atoms with Crippen LogP contribution in [-0.4, -0.2) is 21.9 Å². The molecule has 0 aliphatic rings. The largest absolute Gasteiger partial charge is 0.412 e. The SMILES string of the molecule is N.N.N.N.N.N.N.N.N.N.N.N.O.O.O.O. The van der Waals surface area contributed by atoms with Crippen molar-refractivity contribution in [1.29, 1.82) is 0 Å². The van der Waals surface area contributed by atoms with Gasteiger partial charge in [0.05, 0.1) is 0 Å². The van der Waals surface area contributed by atoms with Gasteiger partial charge in [-0.2, -0.15) is 0 Å². The molecule has 0 fully saturated rings. The van der Waals surface area contributed by atoms with Gasteiger partial charge < -0.3 is 95.7 Å². The molecule has 128 valence electrons. The third-order valence-corrected chi connectivity index (χ3v) is 0. The first-order valence-electron chi connectivity index (χ1n) is 0. The van der Waals surface area contributed by atoms with E-state index in [1.807, 2.05) is 0 Å². The number of rotatable bonds is 0. The molecule has 0 atom stereocenters. The van der Waals surface area contributed by atoms with Crippen LogP contribution in [0.2, 0.25) is 0 Å². The Balaban J connectivity index is 0. The Hall–Kier alpha value is -0.640. The van der Waals surface area contributed by atoms with E-state index in [-0.39, 0.29) is 95.7 Å². The zero-order chi connectivity index (χ0) is 0. The van der Waals surface area contributed by atoms with Crippen molar-refractivity contribution in [1.82, 2.24) is 73.8 Å². The average Bonchev–Trinajstić information content (AvgIpc) is 0. The third-order valence-electron chi connectivity index (χ3n) is 0. The maximum absolute atomic E-state index is 0. The molecule has 0 spiro atoms. The predicted octanol–water partition coefficient (Wildman–Crippen LogP) is -1.35. The van der Waals surface area contributed by atoms with Gasteiger partial charge in [-0.3, -0.25) is 0 Å². The van der Waals surface area contributed by atoms with Crippen molar-refractivity contribution >= 4 is 0 Å².